The first-order valence-electron chi connectivity index (χ1n) is 12.0. The Morgan fingerprint density at radius 1 is 1.00 bits per heavy atom. The van der Waals surface area contributed by atoms with Crippen LogP contribution in [0.5, 0.6) is 0 Å². The largest absolute Gasteiger partial charge is 0.480 e. The zero-order valence-electron chi connectivity index (χ0n) is 22.1. The summed E-state index contributed by atoms with van der Waals surface area (Å²) in [7, 11) is 1.49. The maximum absolute atomic E-state index is 13.4. The topological polar surface area (TPSA) is 125 Å². The van der Waals surface area contributed by atoms with E-state index >= 15 is 0 Å². The predicted octanol–water partition coefficient (Wildman–Crippen LogP) is 3.22. The molecule has 0 aromatic heterocycles. The van der Waals surface area contributed by atoms with Crippen LogP contribution in [0.2, 0.25) is 0 Å². The number of amides is 3. The predicted molar refractivity (Wildman–Crippen MR) is 134 cm³/mol. The van der Waals surface area contributed by atoms with Crippen molar-refractivity contribution in [3.8, 4) is 0 Å². The van der Waals surface area contributed by atoms with E-state index < -0.39 is 47.6 Å². The van der Waals surface area contributed by atoms with Crippen molar-refractivity contribution >= 4 is 23.9 Å². The molecular formula is C26H41N3O6. The summed E-state index contributed by atoms with van der Waals surface area (Å²) >= 11 is 0. The Labute approximate surface area is 208 Å². The van der Waals surface area contributed by atoms with Gasteiger partial charge in [0.2, 0.25) is 11.8 Å². The summed E-state index contributed by atoms with van der Waals surface area (Å²) in [6, 6.07) is 6.02. The molecule has 1 aromatic rings. The van der Waals surface area contributed by atoms with Crippen molar-refractivity contribution < 1.29 is 29.0 Å². The summed E-state index contributed by atoms with van der Waals surface area (Å²) in [5, 5.41) is 14.9. The third kappa shape index (κ3) is 10.4. The molecule has 1 aromatic carbocycles. The summed E-state index contributed by atoms with van der Waals surface area (Å²) in [4.78, 5) is 52.1. The fourth-order valence-corrected chi connectivity index (χ4v) is 3.53. The molecule has 0 unspecified atom stereocenters. The molecule has 3 atom stereocenters. The molecule has 1 rings (SSSR count). The van der Waals surface area contributed by atoms with Crippen LogP contribution in [0.3, 0.4) is 0 Å². The van der Waals surface area contributed by atoms with Crippen LogP contribution in [0.25, 0.3) is 0 Å². The van der Waals surface area contributed by atoms with Gasteiger partial charge in [0.1, 0.15) is 23.7 Å². The van der Waals surface area contributed by atoms with E-state index in [1.807, 2.05) is 19.9 Å². The zero-order valence-corrected chi connectivity index (χ0v) is 22.1. The van der Waals surface area contributed by atoms with Crippen molar-refractivity contribution in [2.45, 2.75) is 85.0 Å². The van der Waals surface area contributed by atoms with E-state index in [0.717, 1.165) is 5.56 Å². The fraction of sp³-hybridized carbons (Fsp3) is 0.615. The van der Waals surface area contributed by atoms with Crippen LogP contribution in [-0.2, 0) is 25.5 Å². The third-order valence-corrected chi connectivity index (χ3v) is 5.31. The second-order valence-electron chi connectivity index (χ2n) is 10.6. The van der Waals surface area contributed by atoms with Gasteiger partial charge in [0.25, 0.3) is 0 Å². The first kappa shape index (κ1) is 29.9. The lowest BCUT2D eigenvalue weighted by molar-refractivity contribution is -0.145. The van der Waals surface area contributed by atoms with Crippen LogP contribution in [0.4, 0.5) is 4.79 Å². The Balaban J connectivity index is 3.08. The number of hydrogen-bond acceptors (Lipinski definition) is 5. The van der Waals surface area contributed by atoms with Gasteiger partial charge in [-0.15, -0.1) is 0 Å². The van der Waals surface area contributed by atoms with Crippen molar-refractivity contribution in [1.82, 2.24) is 15.5 Å². The SMILES string of the molecule is CC(C)C[C@@H](C(=O)N[C@@H](Cc1ccccc1)C(=O)O)N(C)C(=O)[C@@H](NC(=O)OC(C)(C)C)C(C)C. The molecule has 0 aliphatic rings. The molecule has 35 heavy (non-hydrogen) atoms. The molecule has 0 saturated carbocycles. The molecule has 196 valence electrons. The minimum Gasteiger partial charge on any atom is -0.480 e. The van der Waals surface area contributed by atoms with Crippen molar-refractivity contribution in [3.63, 3.8) is 0 Å². The fourth-order valence-electron chi connectivity index (χ4n) is 3.53. The minimum atomic E-state index is -1.16. The van der Waals surface area contributed by atoms with E-state index in [4.69, 9.17) is 4.74 Å². The van der Waals surface area contributed by atoms with Gasteiger partial charge < -0.3 is 25.4 Å². The number of nitrogens with one attached hydrogen (secondary N) is 2. The molecular weight excluding hydrogens is 450 g/mol. The number of ether oxygens (including phenoxy) is 1. The number of alkyl carbamates (subject to hydrolysis) is 1. The van der Waals surface area contributed by atoms with Crippen LogP contribution in [0, 0.1) is 11.8 Å². The first-order valence-corrected chi connectivity index (χ1v) is 12.0. The Kier molecular flexibility index (Phi) is 11.2. The summed E-state index contributed by atoms with van der Waals surface area (Å²) in [6.45, 7) is 12.6. The highest BCUT2D eigenvalue weighted by Gasteiger charge is 2.36. The van der Waals surface area contributed by atoms with Gasteiger partial charge in [0, 0.05) is 13.5 Å². The van der Waals surface area contributed by atoms with Crippen LogP contribution in [0.15, 0.2) is 30.3 Å². The molecule has 3 amide bonds. The van der Waals surface area contributed by atoms with E-state index in [1.165, 1.54) is 11.9 Å². The average molecular weight is 492 g/mol. The molecule has 0 radical (unpaired) electrons. The lowest BCUT2D eigenvalue weighted by atomic mass is 9.98. The van der Waals surface area contributed by atoms with Gasteiger partial charge in [-0.1, -0.05) is 58.0 Å². The maximum atomic E-state index is 13.4. The van der Waals surface area contributed by atoms with Gasteiger partial charge in [-0.2, -0.15) is 0 Å². The number of likely N-dealkylation sites (N-methyl/N-ethyl adjacent to an activating group) is 1. The number of carbonyl (C=O) groups excluding carboxylic acids is 3. The number of rotatable bonds is 11. The Morgan fingerprint density at radius 3 is 2.03 bits per heavy atom. The Hall–Kier alpha value is -3.10. The zero-order chi connectivity index (χ0) is 26.9. The molecule has 0 fully saturated rings. The highest BCUT2D eigenvalue weighted by Crippen LogP contribution is 2.16. The van der Waals surface area contributed by atoms with Crippen LogP contribution in [-0.4, -0.2) is 64.7 Å². The molecule has 0 bridgehead atoms. The third-order valence-electron chi connectivity index (χ3n) is 5.31. The van der Waals surface area contributed by atoms with E-state index in [1.54, 1.807) is 58.9 Å². The quantitative estimate of drug-likeness (QED) is 0.436. The smallest absolute Gasteiger partial charge is 0.408 e. The molecule has 9 nitrogen and oxygen atoms in total. The monoisotopic (exact) mass is 491 g/mol. The van der Waals surface area contributed by atoms with Crippen molar-refractivity contribution in [1.29, 1.82) is 0 Å². The lowest BCUT2D eigenvalue weighted by Gasteiger charge is -2.34. The van der Waals surface area contributed by atoms with Gasteiger partial charge in [0.15, 0.2) is 0 Å². The second-order valence-corrected chi connectivity index (χ2v) is 10.6. The van der Waals surface area contributed by atoms with Crippen molar-refractivity contribution in [2.75, 3.05) is 7.05 Å². The minimum absolute atomic E-state index is 0.0507. The Bertz CT molecular complexity index is 864. The normalized spacial score (nSPS) is 14.1. The molecule has 9 heteroatoms. The summed E-state index contributed by atoms with van der Waals surface area (Å²) in [6.07, 6.45) is -0.289. The first-order chi connectivity index (χ1) is 16.1. The Morgan fingerprint density at radius 2 is 1.57 bits per heavy atom. The van der Waals surface area contributed by atoms with Crippen molar-refractivity contribution in [2.24, 2.45) is 11.8 Å². The van der Waals surface area contributed by atoms with Crippen LogP contribution in [0.1, 0.15) is 60.5 Å². The number of carboxylic acid groups (broad SMARTS) is 1. The molecule has 0 saturated heterocycles. The number of hydrogen-bond donors (Lipinski definition) is 3. The second kappa shape index (κ2) is 13.1. The average Bonchev–Trinajstić information content (AvgIpc) is 2.73. The molecule has 0 heterocycles. The highest BCUT2D eigenvalue weighted by atomic mass is 16.6. The number of carboxylic acids is 1. The van der Waals surface area contributed by atoms with E-state index in [2.05, 4.69) is 10.6 Å². The molecule has 0 aliphatic carbocycles. The number of nitrogens with zero attached hydrogens (tertiary/aromatic N) is 1. The lowest BCUT2D eigenvalue weighted by Crippen LogP contribution is -2.58. The van der Waals surface area contributed by atoms with E-state index in [-0.39, 0.29) is 18.3 Å². The van der Waals surface area contributed by atoms with Crippen molar-refractivity contribution in [3.05, 3.63) is 35.9 Å². The molecule has 0 aliphatic heterocycles. The van der Waals surface area contributed by atoms with E-state index in [9.17, 15) is 24.3 Å². The van der Waals surface area contributed by atoms with Gasteiger partial charge >= 0.3 is 12.1 Å². The molecule has 3 N–H and O–H groups in total. The number of carbonyl (C=O) groups is 4. The van der Waals surface area contributed by atoms with Crippen LogP contribution < -0.4 is 10.6 Å². The number of benzene rings is 1. The highest BCUT2D eigenvalue weighted by molar-refractivity contribution is 5.93. The molecule has 0 spiro atoms. The van der Waals surface area contributed by atoms with Gasteiger partial charge in [-0.3, -0.25) is 9.59 Å². The summed E-state index contributed by atoms with van der Waals surface area (Å²) in [5.74, 6) is -2.40. The van der Waals surface area contributed by atoms with Gasteiger partial charge in [-0.05, 0) is 44.6 Å². The standard InChI is InChI=1S/C26H41N3O6/c1-16(2)14-20(22(30)27-19(24(32)33)15-18-12-10-9-11-13-18)29(8)23(31)21(17(3)4)28-25(34)35-26(5,6)7/h9-13,16-17,19-21H,14-15H2,1-8H3,(H,27,30)(H,28,34)(H,32,33)/t19-,20-,21-/m0/s1. The van der Waals surface area contributed by atoms with Gasteiger partial charge in [0.05, 0.1) is 0 Å². The summed E-state index contributed by atoms with van der Waals surface area (Å²) < 4.78 is 5.29. The maximum Gasteiger partial charge on any atom is 0.408 e. The van der Waals surface area contributed by atoms with E-state index in [0.29, 0.717) is 6.42 Å². The van der Waals surface area contributed by atoms with Crippen LogP contribution >= 0.6 is 0 Å². The number of aliphatic carboxylic acids is 1. The van der Waals surface area contributed by atoms with Gasteiger partial charge in [-0.25, -0.2) is 9.59 Å². The summed E-state index contributed by atoms with van der Waals surface area (Å²) in [5.41, 5.74) is 0.0390.